The van der Waals surface area contributed by atoms with E-state index in [2.05, 4.69) is 73.0 Å². The van der Waals surface area contributed by atoms with Crippen LogP contribution >= 0.6 is 0 Å². The SMILES string of the molecule is CCCCCCc1ccc(-c2ccc(C(=O)N[C@@H](CCCN)C(=O)N[C@H](C(=O)N[C@@H](C)C(=O)N[C@H]3Cc4cn(nn4)CCCN4C[C@@H]5OB(O[C@@H]5C4)[C@H](C)NC3=O)[C@@H](C)O)cc2)cc1. The number of fused-ring (bicyclic) bond motifs is 6. The van der Waals surface area contributed by atoms with Crippen LogP contribution in [0.5, 0.6) is 0 Å². The molecule has 5 heterocycles. The number of nitrogens with one attached hydrogen (secondary N) is 5. The highest BCUT2D eigenvalue weighted by Crippen LogP contribution is 2.27. The van der Waals surface area contributed by atoms with E-state index in [1.807, 2.05) is 12.1 Å². The highest BCUT2D eigenvalue weighted by Gasteiger charge is 2.48. The van der Waals surface area contributed by atoms with Crippen molar-refractivity contribution in [1.29, 1.82) is 0 Å². The Bertz CT molecular complexity index is 2020. The van der Waals surface area contributed by atoms with Gasteiger partial charge in [0.1, 0.15) is 24.2 Å². The molecule has 1 aromatic heterocycles. The lowest BCUT2D eigenvalue weighted by molar-refractivity contribution is -0.135. The lowest BCUT2D eigenvalue weighted by Crippen LogP contribution is -2.60. The van der Waals surface area contributed by atoms with Crippen LogP contribution in [0, 0.1) is 0 Å². The van der Waals surface area contributed by atoms with Gasteiger partial charge in [-0.2, -0.15) is 0 Å². The van der Waals surface area contributed by atoms with E-state index in [1.165, 1.54) is 38.7 Å². The minimum atomic E-state index is -1.50. The van der Waals surface area contributed by atoms with Gasteiger partial charge in [0.05, 0.1) is 29.9 Å². The van der Waals surface area contributed by atoms with Crippen LogP contribution in [-0.2, 0) is 47.9 Å². The average molecular weight is 885 g/mol. The molecular formula is C45H65BN10O8. The number of amides is 5. The van der Waals surface area contributed by atoms with Gasteiger partial charge < -0.3 is 46.7 Å². The maximum atomic E-state index is 13.7. The first-order valence-electron chi connectivity index (χ1n) is 22.8. The number of aliphatic hydroxyl groups is 1. The van der Waals surface area contributed by atoms with Gasteiger partial charge in [0.2, 0.25) is 23.6 Å². The van der Waals surface area contributed by atoms with Gasteiger partial charge in [-0.25, -0.2) is 0 Å². The normalized spacial score (nSPS) is 22.8. The average Bonchev–Trinajstić information content (AvgIpc) is 4.01. The summed E-state index contributed by atoms with van der Waals surface area (Å²) in [6.45, 7) is 9.86. The fourth-order valence-electron chi connectivity index (χ4n) is 8.27. The van der Waals surface area contributed by atoms with Crippen LogP contribution in [0.2, 0.25) is 0 Å². The molecule has 346 valence electrons. The molecule has 9 atom stereocenters. The molecule has 4 aliphatic heterocycles. The quantitative estimate of drug-likeness (QED) is 0.0701. The van der Waals surface area contributed by atoms with Crippen molar-refractivity contribution >= 4 is 36.7 Å². The van der Waals surface area contributed by atoms with Crippen molar-refractivity contribution in [1.82, 2.24) is 46.5 Å². The van der Waals surface area contributed by atoms with Crippen molar-refractivity contribution in [3.05, 3.63) is 71.5 Å². The minimum absolute atomic E-state index is 0.00816. The largest absolute Gasteiger partial charge is 0.481 e. The summed E-state index contributed by atoms with van der Waals surface area (Å²) in [5.74, 6) is -3.82. The van der Waals surface area contributed by atoms with Crippen LogP contribution in [0.1, 0.15) is 94.3 Å². The number of aromatic nitrogens is 3. The summed E-state index contributed by atoms with van der Waals surface area (Å²) >= 11 is 0. The molecule has 18 nitrogen and oxygen atoms in total. The van der Waals surface area contributed by atoms with Crippen LogP contribution in [0.15, 0.2) is 54.7 Å². The van der Waals surface area contributed by atoms with E-state index in [1.54, 1.807) is 29.9 Å². The molecule has 0 aliphatic carbocycles. The third kappa shape index (κ3) is 13.2. The number of aryl methyl sites for hydroxylation is 2. The molecule has 8 N–H and O–H groups in total. The van der Waals surface area contributed by atoms with Crippen LogP contribution < -0.4 is 32.3 Å². The molecule has 2 saturated heterocycles. The summed E-state index contributed by atoms with van der Waals surface area (Å²) < 4.78 is 14.0. The predicted octanol–water partition coefficient (Wildman–Crippen LogP) is 1.04. The molecule has 0 radical (unpaired) electrons. The number of carbonyl (C=O) groups is 5. The van der Waals surface area contributed by atoms with Gasteiger partial charge in [-0.3, -0.25) is 33.6 Å². The molecule has 64 heavy (non-hydrogen) atoms. The van der Waals surface area contributed by atoms with Gasteiger partial charge in [0, 0.05) is 44.4 Å². The second-order valence-corrected chi connectivity index (χ2v) is 17.4. The molecule has 5 amide bonds. The standard InChI is InChI=1S/C45H65BN10O8/c1-5-6-7-8-11-31-13-15-32(16-14-31)33-17-19-34(20-18-33)42(59)50-36(12-9-21-47)43(60)52-40(29(3)57)45(62)48-28(2)41(58)51-37-24-35-25-56(54-53-35)23-10-22-55-26-38-39(27-55)64-46(63-38)30(4)49-44(37)61/h13-20,25,28-30,36-40,57H,5-12,21-24,26-27,47H2,1-4H3,(H,48,62)(H,49,61)(H,50,59)(H,51,58)(H,52,60)/t28-,29+,30-,36-,37-,38-,39+,40-/m0/s1. The van der Waals surface area contributed by atoms with E-state index in [9.17, 15) is 29.1 Å². The Hall–Kier alpha value is -5.21. The van der Waals surface area contributed by atoms with Gasteiger partial charge in [-0.15, -0.1) is 5.10 Å². The lowest BCUT2D eigenvalue weighted by atomic mass is 9.79. The van der Waals surface area contributed by atoms with E-state index < -0.39 is 72.9 Å². The fraction of sp³-hybridized carbons (Fsp3) is 0.578. The van der Waals surface area contributed by atoms with E-state index >= 15 is 0 Å². The third-order valence-electron chi connectivity index (χ3n) is 12.1. The molecule has 6 bridgehead atoms. The maximum Gasteiger partial charge on any atom is 0.481 e. The zero-order chi connectivity index (χ0) is 45.8. The topological polar surface area (TPSA) is 244 Å². The molecule has 3 aromatic rings. The number of carbonyl (C=O) groups excluding carboxylic acids is 5. The number of hydrogen-bond donors (Lipinski definition) is 7. The number of rotatable bonds is 18. The maximum absolute atomic E-state index is 13.7. The monoisotopic (exact) mass is 885 g/mol. The molecule has 0 saturated carbocycles. The molecule has 2 aromatic carbocycles. The van der Waals surface area contributed by atoms with Crippen molar-refractivity contribution in [2.75, 3.05) is 26.2 Å². The van der Waals surface area contributed by atoms with E-state index in [-0.39, 0.29) is 31.6 Å². The number of nitrogens with zero attached hydrogens (tertiary/aromatic N) is 4. The number of hydrogen-bond acceptors (Lipinski definition) is 12. The summed E-state index contributed by atoms with van der Waals surface area (Å²) in [7, 11) is -0.662. The molecule has 0 spiro atoms. The first-order chi connectivity index (χ1) is 30.8. The van der Waals surface area contributed by atoms with Crippen LogP contribution in [-0.4, -0.2) is 136 Å². The van der Waals surface area contributed by atoms with Crippen molar-refractivity contribution in [3.63, 3.8) is 0 Å². The smallest absolute Gasteiger partial charge is 0.403 e. The van der Waals surface area contributed by atoms with E-state index in [0.717, 1.165) is 50.0 Å². The highest BCUT2D eigenvalue weighted by atomic mass is 16.7. The van der Waals surface area contributed by atoms with Crippen molar-refractivity contribution in [2.24, 2.45) is 5.73 Å². The van der Waals surface area contributed by atoms with Crippen molar-refractivity contribution in [3.8, 4) is 11.1 Å². The van der Waals surface area contributed by atoms with Gasteiger partial charge in [-0.1, -0.05) is 67.8 Å². The Balaban J connectivity index is 1.05. The molecule has 1 unspecified atom stereocenters. The fourth-order valence-corrected chi connectivity index (χ4v) is 8.27. The summed E-state index contributed by atoms with van der Waals surface area (Å²) in [5, 5.41) is 32.6. The number of nitrogens with two attached hydrogens (primary N) is 1. The van der Waals surface area contributed by atoms with Crippen molar-refractivity contribution < 1.29 is 38.4 Å². The number of aliphatic hydroxyl groups excluding tert-OH is 1. The number of unbranched alkanes of at least 4 members (excludes halogenated alkanes) is 3. The molecule has 7 rings (SSSR count). The van der Waals surface area contributed by atoms with Crippen LogP contribution in [0.3, 0.4) is 0 Å². The summed E-state index contributed by atoms with van der Waals surface area (Å²) in [6.07, 6.45) is 7.39. The molecule has 2 fully saturated rings. The van der Waals surface area contributed by atoms with Gasteiger partial charge in [-0.05, 0) is 88.2 Å². The highest BCUT2D eigenvalue weighted by molar-refractivity contribution is 6.47. The Morgan fingerprint density at radius 3 is 2.25 bits per heavy atom. The van der Waals surface area contributed by atoms with E-state index in [0.29, 0.717) is 24.2 Å². The van der Waals surface area contributed by atoms with Gasteiger partial charge >= 0.3 is 7.12 Å². The summed E-state index contributed by atoms with van der Waals surface area (Å²) in [4.78, 5) is 70.4. The molecule has 4 aliphatic rings. The predicted molar refractivity (Wildman–Crippen MR) is 240 cm³/mol. The van der Waals surface area contributed by atoms with E-state index in [4.69, 9.17) is 15.0 Å². The zero-order valence-corrected chi connectivity index (χ0v) is 37.5. The molecular weight excluding hydrogens is 819 g/mol. The molecule has 19 heteroatoms. The first kappa shape index (κ1) is 48.3. The third-order valence-corrected chi connectivity index (χ3v) is 12.1. The minimum Gasteiger partial charge on any atom is -0.403 e. The Morgan fingerprint density at radius 2 is 1.59 bits per heavy atom. The Kier molecular flexibility index (Phi) is 17.4. The summed E-state index contributed by atoms with van der Waals surface area (Å²) in [6, 6.07) is 10.6. The second kappa shape index (κ2) is 23.1. The van der Waals surface area contributed by atoms with Gasteiger partial charge in [0.15, 0.2) is 0 Å². The Morgan fingerprint density at radius 1 is 0.906 bits per heavy atom. The van der Waals surface area contributed by atoms with Crippen molar-refractivity contribution in [2.45, 2.75) is 140 Å². The first-order valence-corrected chi connectivity index (χ1v) is 22.8. The summed E-state index contributed by atoms with van der Waals surface area (Å²) in [5.41, 5.74) is 9.83. The Labute approximate surface area is 375 Å². The van der Waals surface area contributed by atoms with Crippen LogP contribution in [0.25, 0.3) is 11.1 Å². The van der Waals surface area contributed by atoms with Crippen LogP contribution in [0.4, 0.5) is 0 Å². The van der Waals surface area contributed by atoms with Gasteiger partial charge in [0.25, 0.3) is 5.91 Å². The number of benzene rings is 2. The zero-order valence-electron chi connectivity index (χ0n) is 37.5. The second-order valence-electron chi connectivity index (χ2n) is 17.4. The lowest BCUT2D eigenvalue weighted by Gasteiger charge is -2.27.